The monoisotopic (exact) mass is 259 g/mol. The SMILES string of the molecule is COCCC(C)N1CCN(C(C)C(N)=S)CC1. The van der Waals surface area contributed by atoms with Crippen LogP contribution in [-0.2, 0) is 4.74 Å². The molecule has 2 atom stereocenters. The molecule has 0 aliphatic carbocycles. The molecule has 2 unspecified atom stereocenters. The van der Waals surface area contributed by atoms with Crippen LogP contribution in [0.3, 0.4) is 0 Å². The predicted molar refractivity (Wildman–Crippen MR) is 75.3 cm³/mol. The zero-order valence-electron chi connectivity index (χ0n) is 11.2. The third-order valence-electron chi connectivity index (χ3n) is 3.67. The van der Waals surface area contributed by atoms with Crippen molar-refractivity contribution in [1.82, 2.24) is 9.80 Å². The maximum Gasteiger partial charge on any atom is 0.0899 e. The summed E-state index contributed by atoms with van der Waals surface area (Å²) in [4.78, 5) is 5.48. The van der Waals surface area contributed by atoms with Crippen LogP contribution in [0, 0.1) is 0 Å². The van der Waals surface area contributed by atoms with Crippen molar-refractivity contribution in [3.8, 4) is 0 Å². The lowest BCUT2D eigenvalue weighted by atomic mass is 10.1. The second kappa shape index (κ2) is 7.26. The van der Waals surface area contributed by atoms with Gasteiger partial charge in [0, 0.05) is 45.9 Å². The number of hydrogen-bond donors (Lipinski definition) is 1. The molecule has 100 valence electrons. The first-order valence-corrected chi connectivity index (χ1v) is 6.73. The number of rotatable bonds is 6. The number of nitrogens with two attached hydrogens (primary N) is 1. The highest BCUT2D eigenvalue weighted by molar-refractivity contribution is 7.80. The van der Waals surface area contributed by atoms with E-state index < -0.39 is 0 Å². The van der Waals surface area contributed by atoms with E-state index >= 15 is 0 Å². The molecule has 17 heavy (non-hydrogen) atoms. The van der Waals surface area contributed by atoms with Crippen LogP contribution < -0.4 is 5.73 Å². The van der Waals surface area contributed by atoms with Crippen LogP contribution in [0.5, 0.6) is 0 Å². The molecule has 0 aromatic carbocycles. The van der Waals surface area contributed by atoms with Crippen molar-refractivity contribution in [2.24, 2.45) is 5.73 Å². The third-order valence-corrected chi connectivity index (χ3v) is 4.01. The van der Waals surface area contributed by atoms with Crippen LogP contribution in [0.1, 0.15) is 20.3 Å². The van der Waals surface area contributed by atoms with Crippen LogP contribution in [-0.4, -0.2) is 66.8 Å². The number of thiocarbonyl (C=S) groups is 1. The summed E-state index contributed by atoms with van der Waals surface area (Å²) < 4.78 is 5.12. The second-order valence-electron chi connectivity index (χ2n) is 4.78. The van der Waals surface area contributed by atoms with E-state index in [2.05, 4.69) is 23.6 Å². The van der Waals surface area contributed by atoms with Gasteiger partial charge in [-0.3, -0.25) is 9.80 Å². The lowest BCUT2D eigenvalue weighted by Crippen LogP contribution is -2.54. The van der Waals surface area contributed by atoms with Crippen molar-refractivity contribution >= 4 is 17.2 Å². The van der Waals surface area contributed by atoms with Crippen LogP contribution in [0.2, 0.25) is 0 Å². The van der Waals surface area contributed by atoms with Crippen molar-refractivity contribution in [3.63, 3.8) is 0 Å². The van der Waals surface area contributed by atoms with Gasteiger partial charge in [-0.2, -0.15) is 0 Å². The minimum atomic E-state index is 0.224. The molecule has 1 aliphatic rings. The topological polar surface area (TPSA) is 41.7 Å². The van der Waals surface area contributed by atoms with Crippen LogP contribution in [0.4, 0.5) is 0 Å². The maximum atomic E-state index is 5.69. The zero-order chi connectivity index (χ0) is 12.8. The summed E-state index contributed by atoms with van der Waals surface area (Å²) >= 11 is 5.04. The first-order valence-electron chi connectivity index (χ1n) is 6.32. The van der Waals surface area contributed by atoms with E-state index in [0.29, 0.717) is 11.0 Å². The Morgan fingerprint density at radius 3 is 2.24 bits per heavy atom. The van der Waals surface area contributed by atoms with E-state index in [1.165, 1.54) is 0 Å². The van der Waals surface area contributed by atoms with Gasteiger partial charge in [0.1, 0.15) is 0 Å². The largest absolute Gasteiger partial charge is 0.392 e. The molecule has 0 aromatic heterocycles. The van der Waals surface area contributed by atoms with Gasteiger partial charge in [-0.15, -0.1) is 0 Å². The van der Waals surface area contributed by atoms with Crippen LogP contribution >= 0.6 is 12.2 Å². The van der Waals surface area contributed by atoms with E-state index in [0.717, 1.165) is 39.2 Å². The standard InChI is InChI=1S/C12H25N3OS/c1-10(4-9-16-3)14-5-7-15(8-6-14)11(2)12(13)17/h10-11H,4-9H2,1-3H3,(H2,13,17). The zero-order valence-corrected chi connectivity index (χ0v) is 12.0. The fraction of sp³-hybridized carbons (Fsp3) is 0.917. The molecular weight excluding hydrogens is 234 g/mol. The lowest BCUT2D eigenvalue weighted by Gasteiger charge is -2.40. The van der Waals surface area contributed by atoms with E-state index in [9.17, 15) is 0 Å². The highest BCUT2D eigenvalue weighted by Gasteiger charge is 2.24. The van der Waals surface area contributed by atoms with Crippen LogP contribution in [0.15, 0.2) is 0 Å². The van der Waals surface area contributed by atoms with E-state index in [4.69, 9.17) is 22.7 Å². The summed E-state index contributed by atoms with van der Waals surface area (Å²) in [6.07, 6.45) is 1.10. The highest BCUT2D eigenvalue weighted by atomic mass is 32.1. The van der Waals surface area contributed by atoms with Crippen molar-refractivity contribution in [2.45, 2.75) is 32.4 Å². The molecule has 1 aliphatic heterocycles. The molecule has 1 rings (SSSR count). The molecule has 2 N–H and O–H groups in total. The second-order valence-corrected chi connectivity index (χ2v) is 5.25. The van der Waals surface area contributed by atoms with Gasteiger partial charge >= 0.3 is 0 Å². The smallest absolute Gasteiger partial charge is 0.0899 e. The van der Waals surface area contributed by atoms with Crippen molar-refractivity contribution in [1.29, 1.82) is 0 Å². The summed E-state index contributed by atoms with van der Waals surface area (Å²) in [6, 6.07) is 0.818. The number of methoxy groups -OCH3 is 1. The Labute approximate surface area is 110 Å². The number of piperazine rings is 1. The number of hydrogen-bond acceptors (Lipinski definition) is 4. The first-order chi connectivity index (χ1) is 8.06. The number of ether oxygens (including phenoxy) is 1. The maximum absolute atomic E-state index is 5.69. The molecular formula is C12H25N3OS. The predicted octanol–water partition coefficient (Wildman–Crippen LogP) is 0.704. The molecule has 0 aromatic rings. The third kappa shape index (κ3) is 4.50. The Morgan fingerprint density at radius 1 is 1.24 bits per heavy atom. The van der Waals surface area contributed by atoms with Gasteiger partial charge in [0.15, 0.2) is 0 Å². The van der Waals surface area contributed by atoms with Gasteiger partial charge in [-0.05, 0) is 20.3 Å². The van der Waals surface area contributed by atoms with Crippen LogP contribution in [0.25, 0.3) is 0 Å². The average Bonchev–Trinajstić information content (AvgIpc) is 2.35. The summed E-state index contributed by atoms with van der Waals surface area (Å²) in [7, 11) is 1.76. The first kappa shape index (κ1) is 14.8. The molecule has 0 radical (unpaired) electrons. The number of nitrogens with zero attached hydrogens (tertiary/aromatic N) is 2. The minimum Gasteiger partial charge on any atom is -0.392 e. The molecule has 1 heterocycles. The van der Waals surface area contributed by atoms with Gasteiger partial charge < -0.3 is 10.5 Å². The molecule has 1 fully saturated rings. The molecule has 1 saturated heterocycles. The fourth-order valence-corrected chi connectivity index (χ4v) is 2.37. The quantitative estimate of drug-likeness (QED) is 0.711. The normalized spacial score (nSPS) is 22.3. The average molecular weight is 259 g/mol. The minimum absolute atomic E-state index is 0.224. The van der Waals surface area contributed by atoms with Crippen molar-refractivity contribution in [2.75, 3.05) is 39.9 Å². The Hall–Kier alpha value is -0.230. The van der Waals surface area contributed by atoms with Gasteiger partial charge in [0.2, 0.25) is 0 Å². The fourth-order valence-electron chi connectivity index (χ4n) is 2.22. The molecule has 0 spiro atoms. The van der Waals surface area contributed by atoms with Gasteiger partial charge in [0.25, 0.3) is 0 Å². The molecule has 0 bridgehead atoms. The molecule has 4 nitrogen and oxygen atoms in total. The summed E-state index contributed by atoms with van der Waals surface area (Å²) in [5.41, 5.74) is 5.69. The Balaban J connectivity index is 2.32. The van der Waals surface area contributed by atoms with E-state index in [-0.39, 0.29) is 6.04 Å². The summed E-state index contributed by atoms with van der Waals surface area (Å²) in [6.45, 7) is 9.49. The summed E-state index contributed by atoms with van der Waals surface area (Å²) in [5.74, 6) is 0. The Bertz CT molecular complexity index is 242. The van der Waals surface area contributed by atoms with Gasteiger partial charge in [-0.25, -0.2) is 0 Å². The van der Waals surface area contributed by atoms with Gasteiger partial charge in [0.05, 0.1) is 11.0 Å². The van der Waals surface area contributed by atoms with E-state index in [1.54, 1.807) is 7.11 Å². The van der Waals surface area contributed by atoms with Crippen molar-refractivity contribution < 1.29 is 4.74 Å². The lowest BCUT2D eigenvalue weighted by molar-refractivity contribution is 0.0772. The molecule has 0 amide bonds. The highest BCUT2D eigenvalue weighted by Crippen LogP contribution is 2.11. The van der Waals surface area contributed by atoms with Gasteiger partial charge in [-0.1, -0.05) is 12.2 Å². The Kier molecular flexibility index (Phi) is 6.33. The molecule has 5 heteroatoms. The van der Waals surface area contributed by atoms with Crippen molar-refractivity contribution in [3.05, 3.63) is 0 Å². The Morgan fingerprint density at radius 2 is 1.76 bits per heavy atom. The van der Waals surface area contributed by atoms with E-state index in [1.807, 2.05) is 0 Å². The summed E-state index contributed by atoms with van der Waals surface area (Å²) in [5, 5.41) is 0. The molecule has 0 saturated carbocycles.